The number of hydrogen-bond donors (Lipinski definition) is 1. The van der Waals surface area contributed by atoms with Crippen LogP contribution >= 0.6 is 15.9 Å². The summed E-state index contributed by atoms with van der Waals surface area (Å²) in [5, 5.41) is 9.77. The van der Waals surface area contributed by atoms with Crippen molar-refractivity contribution in [1.82, 2.24) is 4.90 Å². The summed E-state index contributed by atoms with van der Waals surface area (Å²) in [7, 11) is 4.07. The number of aromatic hydroxyl groups is 1. The van der Waals surface area contributed by atoms with E-state index in [-0.39, 0.29) is 5.75 Å². The molecule has 0 aromatic heterocycles. The summed E-state index contributed by atoms with van der Waals surface area (Å²) in [6.07, 6.45) is 0.888. The second kappa shape index (κ2) is 10.5. The SMILES string of the molecule is CC/C(=C(\c1ccc(O)cc1)c1ccc(OCCN(C)C)cc1)c1ccc(Br)cc1. The highest BCUT2D eigenvalue weighted by atomic mass is 79.9. The van der Waals surface area contributed by atoms with E-state index in [0.717, 1.165) is 34.3 Å². The maximum Gasteiger partial charge on any atom is 0.119 e. The molecule has 0 saturated carbocycles. The van der Waals surface area contributed by atoms with Crippen molar-refractivity contribution in [3.8, 4) is 11.5 Å². The van der Waals surface area contributed by atoms with Crippen molar-refractivity contribution in [3.63, 3.8) is 0 Å². The van der Waals surface area contributed by atoms with Crippen molar-refractivity contribution in [2.24, 2.45) is 0 Å². The molecule has 0 aliphatic rings. The lowest BCUT2D eigenvalue weighted by Gasteiger charge is -2.17. The Labute approximate surface area is 187 Å². The molecule has 3 aromatic carbocycles. The van der Waals surface area contributed by atoms with E-state index in [9.17, 15) is 5.11 Å². The van der Waals surface area contributed by atoms with Crippen molar-refractivity contribution in [3.05, 3.63) is 94.0 Å². The number of ether oxygens (including phenoxy) is 1. The monoisotopic (exact) mass is 465 g/mol. The molecular formula is C26H28BrNO2. The molecule has 4 heteroatoms. The molecule has 0 aliphatic heterocycles. The fraction of sp³-hybridized carbons (Fsp3) is 0.231. The minimum Gasteiger partial charge on any atom is -0.508 e. The van der Waals surface area contributed by atoms with E-state index >= 15 is 0 Å². The van der Waals surface area contributed by atoms with Gasteiger partial charge in [-0.25, -0.2) is 0 Å². The molecule has 0 spiro atoms. The quantitative estimate of drug-likeness (QED) is 0.387. The maximum absolute atomic E-state index is 9.77. The Morgan fingerprint density at radius 2 is 1.37 bits per heavy atom. The normalized spacial score (nSPS) is 12.0. The van der Waals surface area contributed by atoms with Gasteiger partial charge in [-0.1, -0.05) is 59.3 Å². The number of phenolic OH excluding ortho intramolecular Hbond substituents is 1. The Bertz CT molecular complexity index is 975. The minimum atomic E-state index is 0.268. The van der Waals surface area contributed by atoms with E-state index in [1.165, 1.54) is 16.7 Å². The number of allylic oxidation sites excluding steroid dienone is 1. The van der Waals surface area contributed by atoms with E-state index in [0.29, 0.717) is 6.61 Å². The molecule has 0 aliphatic carbocycles. The lowest BCUT2D eigenvalue weighted by atomic mass is 9.88. The average Bonchev–Trinajstić information content (AvgIpc) is 2.74. The van der Waals surface area contributed by atoms with Crippen LogP contribution in [0.5, 0.6) is 11.5 Å². The van der Waals surface area contributed by atoms with Gasteiger partial charge in [0.1, 0.15) is 18.1 Å². The molecule has 3 aromatic rings. The highest BCUT2D eigenvalue weighted by Crippen LogP contribution is 2.36. The van der Waals surface area contributed by atoms with Crippen LogP contribution in [0.3, 0.4) is 0 Å². The predicted octanol–water partition coefficient (Wildman–Crippen LogP) is 6.46. The summed E-state index contributed by atoms with van der Waals surface area (Å²) < 4.78 is 6.92. The van der Waals surface area contributed by atoms with E-state index in [2.05, 4.69) is 64.2 Å². The number of halogens is 1. The topological polar surface area (TPSA) is 32.7 Å². The lowest BCUT2D eigenvalue weighted by Crippen LogP contribution is -2.19. The molecular weight excluding hydrogens is 438 g/mol. The van der Waals surface area contributed by atoms with E-state index in [4.69, 9.17) is 4.74 Å². The van der Waals surface area contributed by atoms with Crippen LogP contribution in [0, 0.1) is 0 Å². The number of hydrogen-bond acceptors (Lipinski definition) is 3. The summed E-state index contributed by atoms with van der Waals surface area (Å²) in [5.41, 5.74) is 5.82. The number of phenols is 1. The fourth-order valence-corrected chi connectivity index (χ4v) is 3.65. The first-order chi connectivity index (χ1) is 14.5. The second-order valence-corrected chi connectivity index (χ2v) is 8.35. The van der Waals surface area contributed by atoms with Gasteiger partial charge in [0, 0.05) is 11.0 Å². The number of rotatable bonds is 8. The van der Waals surface area contributed by atoms with Crippen molar-refractivity contribution in [2.45, 2.75) is 13.3 Å². The number of nitrogens with zero attached hydrogens (tertiary/aromatic N) is 1. The van der Waals surface area contributed by atoms with Crippen LogP contribution in [0.2, 0.25) is 0 Å². The first-order valence-corrected chi connectivity index (χ1v) is 10.9. The Balaban J connectivity index is 2.03. The van der Waals surface area contributed by atoms with Gasteiger partial charge in [0.05, 0.1) is 0 Å². The Kier molecular flexibility index (Phi) is 7.72. The van der Waals surface area contributed by atoms with Crippen LogP contribution in [0.4, 0.5) is 0 Å². The Morgan fingerprint density at radius 3 is 1.90 bits per heavy atom. The Hall–Kier alpha value is -2.56. The van der Waals surface area contributed by atoms with Gasteiger partial charge in [-0.2, -0.15) is 0 Å². The van der Waals surface area contributed by atoms with E-state index in [1.54, 1.807) is 12.1 Å². The third-order valence-electron chi connectivity index (χ3n) is 4.95. The molecule has 3 nitrogen and oxygen atoms in total. The first-order valence-electron chi connectivity index (χ1n) is 10.1. The van der Waals surface area contributed by atoms with Gasteiger partial charge in [0.25, 0.3) is 0 Å². The minimum absolute atomic E-state index is 0.268. The molecule has 3 rings (SSSR count). The number of benzene rings is 3. The van der Waals surface area contributed by atoms with Crippen molar-refractivity contribution in [2.75, 3.05) is 27.2 Å². The molecule has 0 unspecified atom stereocenters. The van der Waals surface area contributed by atoms with E-state index < -0.39 is 0 Å². The third kappa shape index (κ3) is 5.74. The zero-order valence-electron chi connectivity index (χ0n) is 17.7. The Morgan fingerprint density at radius 1 is 0.833 bits per heavy atom. The molecule has 0 radical (unpaired) electrons. The van der Waals surface area contributed by atoms with Crippen molar-refractivity contribution in [1.29, 1.82) is 0 Å². The lowest BCUT2D eigenvalue weighted by molar-refractivity contribution is 0.261. The third-order valence-corrected chi connectivity index (χ3v) is 5.48. The molecule has 0 fully saturated rings. The smallest absolute Gasteiger partial charge is 0.119 e. The highest BCUT2D eigenvalue weighted by Gasteiger charge is 2.13. The maximum atomic E-state index is 9.77. The van der Waals surface area contributed by atoms with Gasteiger partial charge in [-0.3, -0.25) is 0 Å². The zero-order valence-corrected chi connectivity index (χ0v) is 19.3. The van der Waals surface area contributed by atoms with Gasteiger partial charge < -0.3 is 14.7 Å². The van der Waals surface area contributed by atoms with Gasteiger partial charge in [-0.15, -0.1) is 0 Å². The molecule has 1 N–H and O–H groups in total. The molecule has 156 valence electrons. The van der Waals surface area contributed by atoms with Gasteiger partial charge in [0.2, 0.25) is 0 Å². The van der Waals surface area contributed by atoms with Crippen molar-refractivity contribution < 1.29 is 9.84 Å². The summed E-state index contributed by atoms with van der Waals surface area (Å²) in [5.74, 6) is 1.14. The summed E-state index contributed by atoms with van der Waals surface area (Å²) in [6.45, 7) is 3.71. The molecule has 0 saturated heterocycles. The summed E-state index contributed by atoms with van der Waals surface area (Å²) in [6, 6.07) is 24.1. The zero-order chi connectivity index (χ0) is 21.5. The predicted molar refractivity (Wildman–Crippen MR) is 129 cm³/mol. The summed E-state index contributed by atoms with van der Waals surface area (Å²) in [4.78, 5) is 2.10. The van der Waals surface area contributed by atoms with Crippen LogP contribution in [-0.4, -0.2) is 37.3 Å². The molecule has 0 bridgehead atoms. The molecule has 30 heavy (non-hydrogen) atoms. The van der Waals surface area contributed by atoms with E-state index in [1.807, 2.05) is 38.4 Å². The second-order valence-electron chi connectivity index (χ2n) is 7.44. The highest BCUT2D eigenvalue weighted by molar-refractivity contribution is 9.10. The first kappa shape index (κ1) is 22.1. The molecule has 0 atom stereocenters. The largest absolute Gasteiger partial charge is 0.508 e. The van der Waals surface area contributed by atoms with Crippen LogP contribution in [0.1, 0.15) is 30.0 Å². The molecule has 0 heterocycles. The van der Waals surface area contributed by atoms with Crippen LogP contribution in [0.15, 0.2) is 77.3 Å². The average molecular weight is 466 g/mol. The van der Waals surface area contributed by atoms with Crippen LogP contribution in [-0.2, 0) is 0 Å². The fourth-order valence-electron chi connectivity index (χ4n) is 3.38. The van der Waals surface area contributed by atoms with Gasteiger partial charge in [-0.05, 0) is 84.8 Å². The van der Waals surface area contributed by atoms with Crippen LogP contribution in [0.25, 0.3) is 11.1 Å². The molecule has 0 amide bonds. The number of likely N-dealkylation sites (N-methyl/N-ethyl adjacent to an activating group) is 1. The van der Waals surface area contributed by atoms with Gasteiger partial charge in [0.15, 0.2) is 0 Å². The van der Waals surface area contributed by atoms with Crippen molar-refractivity contribution >= 4 is 27.1 Å². The summed E-state index contributed by atoms with van der Waals surface area (Å²) >= 11 is 3.53. The van der Waals surface area contributed by atoms with Crippen LogP contribution < -0.4 is 4.74 Å². The standard InChI is InChI=1S/C26H28BrNO2/c1-4-25(19-5-11-22(27)12-6-19)26(20-7-13-23(29)14-8-20)21-9-15-24(16-10-21)30-18-17-28(2)3/h5-16,29H,4,17-18H2,1-3H3/b26-25-. The van der Waals surface area contributed by atoms with Gasteiger partial charge >= 0.3 is 0 Å².